The minimum Gasteiger partial charge on any atom is -0.366 e. The monoisotopic (exact) mass is 542 g/mol. The first kappa shape index (κ1) is 29.1. The number of anilines is 1. The fourth-order valence-corrected chi connectivity index (χ4v) is 4.19. The molecule has 0 heterocycles. The summed E-state index contributed by atoms with van der Waals surface area (Å²) < 4.78 is 114. The molecule has 2 amide bonds. The van der Waals surface area contributed by atoms with Gasteiger partial charge in [0, 0.05) is 17.0 Å². The van der Waals surface area contributed by atoms with Gasteiger partial charge in [0.1, 0.15) is 10.7 Å². The molecule has 0 unspecified atom stereocenters. The lowest BCUT2D eigenvalue weighted by Gasteiger charge is -2.30. The molecule has 2 aromatic carbocycles. The highest BCUT2D eigenvalue weighted by atomic mass is 32.2. The van der Waals surface area contributed by atoms with Crippen molar-refractivity contribution < 1.29 is 48.7 Å². The lowest BCUT2D eigenvalue weighted by Crippen LogP contribution is -2.50. The molecule has 0 aliphatic carbocycles. The average Bonchev–Trinajstić information content (AvgIpc) is 2.75. The third kappa shape index (κ3) is 5.79. The van der Waals surface area contributed by atoms with Crippen LogP contribution in [-0.4, -0.2) is 38.3 Å². The molecule has 36 heavy (non-hydrogen) atoms. The van der Waals surface area contributed by atoms with E-state index >= 15 is 0 Å². The van der Waals surface area contributed by atoms with Crippen molar-refractivity contribution in [2.45, 2.75) is 44.2 Å². The molecule has 0 bridgehead atoms. The minimum atomic E-state index is -6.30. The summed E-state index contributed by atoms with van der Waals surface area (Å²) in [4.78, 5) is 25.0. The lowest BCUT2D eigenvalue weighted by molar-refractivity contribution is -0.348. The zero-order valence-corrected chi connectivity index (χ0v) is 19.7. The van der Waals surface area contributed by atoms with Crippen molar-refractivity contribution in [2.24, 2.45) is 5.73 Å². The molecule has 1 atom stereocenters. The summed E-state index contributed by atoms with van der Waals surface area (Å²) in [6, 6.07) is 5.31. The minimum absolute atomic E-state index is 0.119. The summed E-state index contributed by atoms with van der Waals surface area (Å²) in [5.41, 5.74) is -2.70. The van der Waals surface area contributed by atoms with Gasteiger partial charge in [0.15, 0.2) is 0 Å². The smallest absolute Gasteiger partial charge is 0.366 e. The molecule has 198 valence electrons. The number of nitrogens with two attached hydrogens (primary N) is 1. The number of hydrogen-bond donors (Lipinski definition) is 3. The first-order valence-corrected chi connectivity index (χ1v) is 11.6. The summed E-state index contributed by atoms with van der Waals surface area (Å²) in [6.45, 7) is 2.67. The van der Waals surface area contributed by atoms with E-state index in [0.29, 0.717) is 12.1 Å². The summed E-state index contributed by atoms with van der Waals surface area (Å²) in [6.07, 6.45) is -12.5. The van der Waals surface area contributed by atoms with E-state index in [9.17, 15) is 48.7 Å². The summed E-state index contributed by atoms with van der Waals surface area (Å²) in [5, 5.41) is 2.27. The number of thiol groups is 1. The Bertz CT molecular complexity index is 1220. The fraction of sp³-hybridized carbons (Fsp3) is 0.364. The van der Waals surface area contributed by atoms with E-state index in [1.807, 2.05) is 0 Å². The van der Waals surface area contributed by atoms with Crippen LogP contribution < -0.4 is 11.1 Å². The van der Waals surface area contributed by atoms with E-state index in [2.05, 4.69) is 5.32 Å². The predicted molar refractivity (Wildman–Crippen MR) is 117 cm³/mol. The van der Waals surface area contributed by atoms with Crippen molar-refractivity contribution in [3.63, 3.8) is 0 Å². The molecule has 14 heteroatoms. The molecular formula is C22H21F7N2O4S. The van der Waals surface area contributed by atoms with Crippen molar-refractivity contribution in [3.8, 4) is 0 Å². The summed E-state index contributed by atoms with van der Waals surface area (Å²) >= 11 is 0. The number of carbonyl (C=O) groups excluding carboxylic acids is 2. The highest BCUT2D eigenvalue weighted by Crippen LogP contribution is 2.53. The third-order valence-corrected chi connectivity index (χ3v) is 6.14. The molecule has 0 aliphatic rings. The van der Waals surface area contributed by atoms with E-state index in [0.717, 1.165) is 6.92 Å². The van der Waals surface area contributed by atoms with Gasteiger partial charge in [-0.3, -0.25) is 9.59 Å². The quantitative estimate of drug-likeness (QED) is 0.331. The largest absolute Gasteiger partial charge is 0.435 e. The van der Waals surface area contributed by atoms with Gasteiger partial charge in [0.25, 0.3) is 5.91 Å². The van der Waals surface area contributed by atoms with Crippen LogP contribution in [0, 0.1) is 6.92 Å². The van der Waals surface area contributed by atoms with Gasteiger partial charge in [-0.25, -0.2) is 12.8 Å². The molecule has 0 fully saturated rings. The third-order valence-electron chi connectivity index (χ3n) is 5.52. The maximum Gasteiger partial charge on any atom is 0.435 e. The maximum absolute atomic E-state index is 14.3. The van der Waals surface area contributed by atoms with Crippen LogP contribution in [0.3, 0.4) is 0 Å². The molecule has 6 nitrogen and oxygen atoms in total. The maximum atomic E-state index is 14.3. The van der Waals surface area contributed by atoms with Crippen LogP contribution in [0.4, 0.5) is 36.4 Å². The molecular weight excluding hydrogens is 521 g/mol. The van der Waals surface area contributed by atoms with Gasteiger partial charge in [-0.15, -0.1) is 0 Å². The van der Waals surface area contributed by atoms with Crippen molar-refractivity contribution >= 4 is 28.2 Å². The van der Waals surface area contributed by atoms with Crippen LogP contribution in [0.1, 0.15) is 56.7 Å². The Hall–Kier alpha value is -3.16. The standard InChI is InChI=1S/C22H21F7N2O4S/c1-11(8-9-36(34)35)14-4-3-5-15(17(14)18(30)32)19(33)31-16-7-6-13(10-12(16)2)20(23,21(24,25)26)22(27,28)29/h3-7,10-11,36H,8-9H2,1-2H3,(H2,30,32)(H,31,33)/t11-/m0/s1. The van der Waals surface area contributed by atoms with Gasteiger partial charge < -0.3 is 11.1 Å². The fourth-order valence-electron chi connectivity index (χ4n) is 3.60. The van der Waals surface area contributed by atoms with Crippen LogP contribution in [0.5, 0.6) is 0 Å². The van der Waals surface area contributed by atoms with Crippen molar-refractivity contribution in [1.82, 2.24) is 0 Å². The van der Waals surface area contributed by atoms with E-state index < -0.39 is 52.0 Å². The molecule has 0 aliphatic heterocycles. The Balaban J connectivity index is 2.46. The number of benzene rings is 2. The Labute approximate surface area is 202 Å². The number of alkyl halides is 7. The number of nitrogens with one attached hydrogen (secondary N) is 1. The van der Waals surface area contributed by atoms with Crippen molar-refractivity contribution in [1.29, 1.82) is 0 Å². The lowest BCUT2D eigenvalue weighted by atomic mass is 9.89. The second-order valence-electron chi connectivity index (χ2n) is 8.02. The number of amides is 2. The topological polar surface area (TPSA) is 106 Å². The summed E-state index contributed by atoms with van der Waals surface area (Å²) in [5.74, 6) is -2.68. The second-order valence-corrected chi connectivity index (χ2v) is 9.13. The van der Waals surface area contributed by atoms with Crippen LogP contribution in [0.2, 0.25) is 0 Å². The van der Waals surface area contributed by atoms with E-state index in [1.54, 1.807) is 6.92 Å². The van der Waals surface area contributed by atoms with Crippen LogP contribution >= 0.6 is 0 Å². The number of halogens is 7. The van der Waals surface area contributed by atoms with Gasteiger partial charge in [-0.2, -0.15) is 26.3 Å². The van der Waals surface area contributed by atoms with Gasteiger partial charge >= 0.3 is 18.0 Å². The Morgan fingerprint density at radius 1 is 1.00 bits per heavy atom. The molecule has 0 aromatic heterocycles. The van der Waals surface area contributed by atoms with Crippen LogP contribution in [0.15, 0.2) is 36.4 Å². The molecule has 0 saturated heterocycles. The van der Waals surface area contributed by atoms with E-state index in [4.69, 9.17) is 5.73 Å². The molecule has 3 N–H and O–H groups in total. The first-order valence-electron chi connectivity index (χ1n) is 10.2. The Kier molecular flexibility index (Phi) is 8.44. The second kappa shape index (κ2) is 10.4. The number of carbonyl (C=O) groups is 2. The SMILES string of the molecule is Cc1cc(C(F)(C(F)(F)F)C(F)(F)F)ccc1NC(=O)c1cccc([C@@H](C)CC[SH](=O)=O)c1C(N)=O. The van der Waals surface area contributed by atoms with E-state index in [-0.39, 0.29) is 46.2 Å². The first-order chi connectivity index (χ1) is 16.4. The van der Waals surface area contributed by atoms with Gasteiger partial charge in [-0.1, -0.05) is 31.2 Å². The average molecular weight is 542 g/mol. The Morgan fingerprint density at radius 3 is 2.06 bits per heavy atom. The normalized spacial score (nSPS) is 13.5. The zero-order chi connectivity index (χ0) is 27.6. The number of rotatable bonds is 8. The molecule has 0 saturated carbocycles. The van der Waals surface area contributed by atoms with Crippen LogP contribution in [-0.2, 0) is 16.4 Å². The van der Waals surface area contributed by atoms with Gasteiger partial charge in [0.05, 0.1) is 11.1 Å². The molecule has 2 aromatic rings. The number of aryl methyl sites for hydroxylation is 1. The Morgan fingerprint density at radius 2 is 1.58 bits per heavy atom. The van der Waals surface area contributed by atoms with Crippen LogP contribution in [0.25, 0.3) is 0 Å². The highest BCUT2D eigenvalue weighted by molar-refractivity contribution is 7.72. The zero-order valence-electron chi connectivity index (χ0n) is 18.8. The van der Waals surface area contributed by atoms with Gasteiger partial charge in [0.2, 0.25) is 5.91 Å². The molecule has 0 radical (unpaired) electrons. The summed E-state index contributed by atoms with van der Waals surface area (Å²) in [7, 11) is -2.69. The van der Waals surface area contributed by atoms with Crippen molar-refractivity contribution in [2.75, 3.05) is 11.1 Å². The van der Waals surface area contributed by atoms with E-state index in [1.165, 1.54) is 18.2 Å². The highest BCUT2D eigenvalue weighted by Gasteiger charge is 2.73. The van der Waals surface area contributed by atoms with Crippen molar-refractivity contribution in [3.05, 3.63) is 64.2 Å². The predicted octanol–water partition coefficient (Wildman–Crippen LogP) is 4.74. The molecule has 2 rings (SSSR count). The molecule has 0 spiro atoms. The number of hydrogen-bond acceptors (Lipinski definition) is 4. The van der Waals surface area contributed by atoms with Gasteiger partial charge in [-0.05, 0) is 42.5 Å². The number of primary amides is 1.